The van der Waals surface area contributed by atoms with Crippen molar-refractivity contribution in [2.24, 2.45) is 47.3 Å². The third-order valence-corrected chi connectivity index (χ3v) is 9.73. The normalized spacial score (nSPS) is 29.4. The molecular weight excluding hydrogens is 496 g/mol. The molecule has 4 rings (SSSR count). The average molecular weight is 565 g/mol. The summed E-state index contributed by atoms with van der Waals surface area (Å²) in [7, 11) is 0. The molecule has 1 nitrogen and oxygen atoms in total. The molecule has 4 aliphatic carbocycles. The Hall–Kier alpha value is -1.60. The highest BCUT2D eigenvalue weighted by atomic mass is 16.3. The van der Waals surface area contributed by atoms with Gasteiger partial charge in [-0.2, -0.15) is 0 Å². The van der Waals surface area contributed by atoms with Crippen LogP contribution in [0.4, 0.5) is 0 Å². The molecule has 0 bridgehead atoms. The quantitative estimate of drug-likeness (QED) is 0.337. The first-order valence-corrected chi connectivity index (χ1v) is 16.9. The van der Waals surface area contributed by atoms with Crippen molar-refractivity contribution in [1.29, 1.82) is 0 Å². The molecule has 1 heteroatoms. The van der Waals surface area contributed by atoms with Crippen LogP contribution < -0.4 is 0 Å². The smallest absolute Gasteiger partial charge is 0.0573 e. The van der Waals surface area contributed by atoms with Gasteiger partial charge < -0.3 is 5.11 Å². The molecule has 1 fully saturated rings. The highest BCUT2D eigenvalue weighted by molar-refractivity contribution is 5.21. The fraction of sp³-hybridized carbons (Fsp3) is 0.700. The van der Waals surface area contributed by atoms with E-state index in [1.165, 1.54) is 68.1 Å². The van der Waals surface area contributed by atoms with Gasteiger partial charge in [0.15, 0.2) is 0 Å². The van der Waals surface area contributed by atoms with Crippen LogP contribution in [0.3, 0.4) is 0 Å². The van der Waals surface area contributed by atoms with Gasteiger partial charge in [-0.3, -0.25) is 0 Å². The van der Waals surface area contributed by atoms with E-state index in [1.807, 2.05) is 0 Å². The number of hydrogen-bond donors (Lipinski definition) is 1. The van der Waals surface area contributed by atoms with Gasteiger partial charge in [-0.1, -0.05) is 127 Å². The van der Waals surface area contributed by atoms with E-state index in [1.54, 1.807) is 5.57 Å². The molecule has 0 amide bonds. The highest BCUT2D eigenvalue weighted by Crippen LogP contribution is 2.33. The molecule has 0 heterocycles. The van der Waals surface area contributed by atoms with Gasteiger partial charge in [-0.05, 0) is 119 Å². The molecule has 0 aromatic carbocycles. The maximum absolute atomic E-state index is 9.71. The van der Waals surface area contributed by atoms with Gasteiger partial charge in [-0.25, -0.2) is 0 Å². The summed E-state index contributed by atoms with van der Waals surface area (Å²) in [6.07, 6.45) is 24.8. The molecule has 41 heavy (non-hydrogen) atoms. The lowest BCUT2D eigenvalue weighted by molar-refractivity contribution is 0.0266. The van der Waals surface area contributed by atoms with Crippen molar-refractivity contribution >= 4 is 0 Å². The van der Waals surface area contributed by atoms with Gasteiger partial charge in [-0.15, -0.1) is 0 Å². The minimum absolute atomic E-state index is 0.0289. The van der Waals surface area contributed by atoms with E-state index in [9.17, 15) is 5.11 Å². The van der Waals surface area contributed by atoms with Crippen molar-refractivity contribution in [1.82, 2.24) is 0 Å². The molecule has 0 aromatic rings. The van der Waals surface area contributed by atoms with Gasteiger partial charge in [0, 0.05) is 0 Å². The number of hydrogen-bond acceptors (Lipinski definition) is 1. The van der Waals surface area contributed by atoms with Crippen LogP contribution in [0.1, 0.15) is 127 Å². The summed E-state index contributed by atoms with van der Waals surface area (Å²) < 4.78 is 0. The molecule has 6 atom stereocenters. The Balaban J connectivity index is 0.000000274. The molecule has 0 saturated heterocycles. The second-order valence-electron chi connectivity index (χ2n) is 14.7. The Labute approximate surface area is 257 Å². The van der Waals surface area contributed by atoms with Crippen LogP contribution in [0.2, 0.25) is 0 Å². The first kappa shape index (κ1) is 37.4. The summed E-state index contributed by atoms with van der Waals surface area (Å²) >= 11 is 0. The number of allylic oxidation sites excluding steroid dienone is 10. The number of aliphatic hydroxyl groups is 1. The van der Waals surface area contributed by atoms with E-state index < -0.39 is 0 Å². The van der Waals surface area contributed by atoms with Gasteiger partial charge in [0.05, 0.1) is 6.10 Å². The molecule has 234 valence electrons. The molecule has 2 unspecified atom stereocenters. The van der Waals surface area contributed by atoms with E-state index in [0.717, 1.165) is 41.9 Å². The maximum atomic E-state index is 9.71. The third kappa shape index (κ3) is 15.4. The summed E-state index contributed by atoms with van der Waals surface area (Å²) in [6.45, 7) is 30.2. The Morgan fingerprint density at radius 2 is 1.44 bits per heavy atom. The van der Waals surface area contributed by atoms with E-state index in [0.29, 0.717) is 11.8 Å². The number of aliphatic hydroxyl groups excluding tert-OH is 1. The van der Waals surface area contributed by atoms with E-state index in [-0.39, 0.29) is 6.10 Å². The zero-order valence-corrected chi connectivity index (χ0v) is 28.9. The summed E-state index contributed by atoms with van der Waals surface area (Å²) in [4.78, 5) is 0. The van der Waals surface area contributed by atoms with Crippen molar-refractivity contribution in [2.75, 3.05) is 0 Å². The molecule has 1 N–H and O–H groups in total. The van der Waals surface area contributed by atoms with Gasteiger partial charge in [0.25, 0.3) is 0 Å². The van der Waals surface area contributed by atoms with Crippen molar-refractivity contribution in [3.8, 4) is 0 Å². The Kier molecular flexibility index (Phi) is 17.9. The predicted octanol–water partition coefficient (Wildman–Crippen LogP) is 12.1. The van der Waals surface area contributed by atoms with Crippen molar-refractivity contribution in [3.63, 3.8) is 0 Å². The van der Waals surface area contributed by atoms with Gasteiger partial charge in [0.1, 0.15) is 0 Å². The van der Waals surface area contributed by atoms with Crippen LogP contribution in [0, 0.1) is 47.3 Å². The lowest BCUT2D eigenvalue weighted by Crippen LogP contribution is -2.31. The molecule has 0 aromatic heterocycles. The third-order valence-electron chi connectivity index (χ3n) is 9.73. The minimum atomic E-state index is -0.0289. The second-order valence-corrected chi connectivity index (χ2v) is 14.7. The molecule has 0 aliphatic heterocycles. The lowest BCUT2D eigenvalue weighted by Gasteiger charge is -2.33. The zero-order chi connectivity index (χ0) is 31.1. The van der Waals surface area contributed by atoms with E-state index >= 15 is 0 Å². The molecule has 0 spiro atoms. The van der Waals surface area contributed by atoms with Crippen LogP contribution in [-0.2, 0) is 0 Å². The molecule has 4 aliphatic rings. The summed E-state index contributed by atoms with van der Waals surface area (Å²) in [5.41, 5.74) is 5.61. The maximum Gasteiger partial charge on any atom is 0.0573 e. The topological polar surface area (TPSA) is 20.2 Å². The summed E-state index contributed by atoms with van der Waals surface area (Å²) in [5.74, 6) is 5.88. The molecule has 1 saturated carbocycles. The Morgan fingerprint density at radius 3 is 1.85 bits per heavy atom. The fourth-order valence-electron chi connectivity index (χ4n) is 6.15. The van der Waals surface area contributed by atoms with Crippen LogP contribution in [0.5, 0.6) is 0 Å². The van der Waals surface area contributed by atoms with Crippen molar-refractivity contribution < 1.29 is 5.11 Å². The minimum Gasteiger partial charge on any atom is -0.393 e. The first-order valence-electron chi connectivity index (χ1n) is 16.9. The highest BCUT2D eigenvalue weighted by Gasteiger charge is 2.28. The lowest BCUT2D eigenvalue weighted by atomic mass is 9.75. The van der Waals surface area contributed by atoms with Crippen molar-refractivity contribution in [2.45, 2.75) is 133 Å². The Bertz CT molecular complexity index is 890. The van der Waals surface area contributed by atoms with E-state index in [4.69, 9.17) is 0 Å². The summed E-state index contributed by atoms with van der Waals surface area (Å²) in [6, 6.07) is 0. The monoisotopic (exact) mass is 565 g/mol. The standard InChI is InChI=1S/C10H20O.3C10H16/c1-7(2)9-5-4-8(3)6-10(9)11;3*1-8(2)10-6-4-9(3)5-7-10/h7-11H,4-6H2,1-3H3;4-6,8,10H,7H2,1-3H3;4,6,8,10H,3,5,7H2,1-2H3;4,10H,1,5-7H2,2-3H3/t8-,9+,10-;;;10-/m1..0/s1. The average Bonchev–Trinajstić information content (AvgIpc) is 2.90. The molecular formula is C40H68O. The number of rotatable bonds is 4. The summed E-state index contributed by atoms with van der Waals surface area (Å²) in [5, 5.41) is 9.71. The van der Waals surface area contributed by atoms with Crippen LogP contribution >= 0.6 is 0 Å². The van der Waals surface area contributed by atoms with E-state index in [2.05, 4.69) is 119 Å². The largest absolute Gasteiger partial charge is 0.393 e. The van der Waals surface area contributed by atoms with Crippen LogP contribution in [0.15, 0.2) is 71.9 Å². The predicted molar refractivity (Wildman–Crippen MR) is 185 cm³/mol. The van der Waals surface area contributed by atoms with Gasteiger partial charge >= 0.3 is 0 Å². The Morgan fingerprint density at radius 1 is 0.805 bits per heavy atom. The van der Waals surface area contributed by atoms with Crippen LogP contribution in [0.25, 0.3) is 0 Å². The second kappa shape index (κ2) is 19.6. The first-order chi connectivity index (χ1) is 19.2. The SMILES string of the molecule is C=C(C)[C@H]1CC=C(C)CC1.C=C1C=CC(C(C)C)CC1.CC(C)[C@@H]1CC[C@@H](C)C[C@H]1O.CC1=CCC(C(C)C)C=C1. The molecule has 0 radical (unpaired) electrons. The zero-order valence-electron chi connectivity index (χ0n) is 28.9. The fourth-order valence-corrected chi connectivity index (χ4v) is 6.15. The van der Waals surface area contributed by atoms with Gasteiger partial charge in [0.2, 0.25) is 0 Å². The van der Waals surface area contributed by atoms with Crippen molar-refractivity contribution in [3.05, 3.63) is 71.9 Å². The van der Waals surface area contributed by atoms with Crippen LogP contribution in [-0.4, -0.2) is 11.2 Å².